The van der Waals surface area contributed by atoms with E-state index < -0.39 is 0 Å². The number of rotatable bonds is 0. The first-order chi connectivity index (χ1) is 10.7. The van der Waals surface area contributed by atoms with Crippen LogP contribution in [0.5, 0.6) is 0 Å². The molecule has 0 unspecified atom stereocenters. The van der Waals surface area contributed by atoms with Crippen LogP contribution < -0.4 is 5.32 Å². The van der Waals surface area contributed by atoms with E-state index >= 15 is 0 Å². The molecule has 1 aromatic carbocycles. The first-order valence-electron chi connectivity index (χ1n) is 7.70. The number of aliphatic imine (C=N–C) groups is 1. The van der Waals surface area contributed by atoms with Crippen molar-refractivity contribution < 1.29 is 5.48 Å². The van der Waals surface area contributed by atoms with Gasteiger partial charge in [-0.1, -0.05) is 12.1 Å². The van der Waals surface area contributed by atoms with Gasteiger partial charge in [0.1, 0.15) is 10.8 Å². The molecule has 1 aromatic heterocycles. The Morgan fingerprint density at radius 3 is 2.65 bits per heavy atom. The van der Waals surface area contributed by atoms with Crippen molar-refractivity contribution in [3.63, 3.8) is 0 Å². The van der Waals surface area contributed by atoms with Gasteiger partial charge < -0.3 is 20.6 Å². The van der Waals surface area contributed by atoms with E-state index in [1.54, 1.807) is 11.3 Å². The molecule has 6 heteroatoms. The van der Waals surface area contributed by atoms with Crippen molar-refractivity contribution in [2.75, 3.05) is 38.5 Å². The van der Waals surface area contributed by atoms with Crippen LogP contribution in [-0.2, 0) is 0 Å². The van der Waals surface area contributed by atoms with Crippen molar-refractivity contribution in [1.29, 1.82) is 0 Å². The summed E-state index contributed by atoms with van der Waals surface area (Å²) in [4.78, 5) is 11.1. The van der Waals surface area contributed by atoms with Gasteiger partial charge in [-0.3, -0.25) is 0 Å². The Bertz CT molecular complexity index is 732. The number of fused-ring (bicyclic) bond motifs is 2. The highest BCUT2D eigenvalue weighted by Gasteiger charge is 2.25. The highest BCUT2D eigenvalue weighted by Crippen LogP contribution is 2.39. The zero-order valence-corrected chi connectivity index (χ0v) is 14.3. The van der Waals surface area contributed by atoms with E-state index in [0.29, 0.717) is 0 Å². The number of aryl methyl sites for hydroxylation is 1. The Morgan fingerprint density at radius 1 is 1.13 bits per heavy atom. The molecule has 3 heterocycles. The van der Waals surface area contributed by atoms with Crippen molar-refractivity contribution in [3.05, 3.63) is 40.8 Å². The highest BCUT2D eigenvalue weighted by atomic mass is 32.1. The fourth-order valence-corrected chi connectivity index (χ4v) is 3.93. The van der Waals surface area contributed by atoms with Gasteiger partial charge in [0.05, 0.1) is 16.9 Å². The summed E-state index contributed by atoms with van der Waals surface area (Å²) in [6, 6.07) is 10.6. The zero-order chi connectivity index (χ0) is 15.1. The number of hydrogen-bond acceptors (Lipinski definition) is 5. The van der Waals surface area contributed by atoms with E-state index in [0.717, 1.165) is 43.4 Å². The monoisotopic (exact) mass is 330 g/mol. The number of benzene rings is 1. The molecule has 0 saturated carbocycles. The van der Waals surface area contributed by atoms with Gasteiger partial charge >= 0.3 is 0 Å². The molecule has 0 atom stereocenters. The summed E-state index contributed by atoms with van der Waals surface area (Å²) in [5.74, 6) is 1.12. The van der Waals surface area contributed by atoms with Crippen LogP contribution in [0, 0.1) is 6.92 Å². The Labute approximate surface area is 140 Å². The summed E-state index contributed by atoms with van der Waals surface area (Å²) in [5.41, 5.74) is 3.36. The minimum Gasteiger partial charge on any atom is -0.412 e. The van der Waals surface area contributed by atoms with Crippen molar-refractivity contribution in [3.8, 4) is 0 Å². The largest absolute Gasteiger partial charge is 0.412 e. The van der Waals surface area contributed by atoms with Crippen molar-refractivity contribution >= 4 is 33.5 Å². The lowest BCUT2D eigenvalue weighted by Crippen LogP contribution is -2.47. The van der Waals surface area contributed by atoms with E-state index in [1.807, 2.05) is 0 Å². The summed E-state index contributed by atoms with van der Waals surface area (Å²) in [6.07, 6.45) is 0. The lowest BCUT2D eigenvalue weighted by atomic mass is 10.2. The quantitative estimate of drug-likeness (QED) is 0.807. The lowest BCUT2D eigenvalue weighted by Gasteiger charge is -2.34. The van der Waals surface area contributed by atoms with Crippen LogP contribution in [0.3, 0.4) is 0 Å². The first kappa shape index (κ1) is 16.0. The van der Waals surface area contributed by atoms with Gasteiger partial charge in [-0.15, -0.1) is 11.3 Å². The second-order valence-electron chi connectivity index (χ2n) is 5.97. The van der Waals surface area contributed by atoms with Crippen LogP contribution in [-0.4, -0.2) is 54.3 Å². The molecule has 4 rings (SSSR count). The first-order valence-corrected chi connectivity index (χ1v) is 8.51. The summed E-state index contributed by atoms with van der Waals surface area (Å²) < 4.78 is 0. The normalized spacial score (nSPS) is 17.3. The fourth-order valence-electron chi connectivity index (χ4n) is 3.01. The van der Waals surface area contributed by atoms with Crippen molar-refractivity contribution in [1.82, 2.24) is 9.80 Å². The highest BCUT2D eigenvalue weighted by molar-refractivity contribution is 7.16. The second-order valence-corrected chi connectivity index (χ2v) is 7.22. The third kappa shape index (κ3) is 2.97. The molecule has 23 heavy (non-hydrogen) atoms. The Morgan fingerprint density at radius 2 is 1.87 bits per heavy atom. The molecule has 2 aliphatic rings. The van der Waals surface area contributed by atoms with E-state index in [1.165, 1.54) is 15.4 Å². The van der Waals surface area contributed by atoms with E-state index in [9.17, 15) is 0 Å². The van der Waals surface area contributed by atoms with Crippen LogP contribution in [0.15, 0.2) is 35.3 Å². The third-order valence-electron chi connectivity index (χ3n) is 4.28. The molecule has 2 aliphatic heterocycles. The maximum absolute atomic E-state index is 5.01. The van der Waals surface area contributed by atoms with Gasteiger partial charge in [-0.25, -0.2) is 4.99 Å². The number of para-hydroxylation sites is 2. The summed E-state index contributed by atoms with van der Waals surface area (Å²) in [5, 5.41) is 4.78. The van der Waals surface area contributed by atoms with Gasteiger partial charge in [-0.2, -0.15) is 0 Å². The maximum atomic E-state index is 5.01. The van der Waals surface area contributed by atoms with Crippen LogP contribution in [0.4, 0.5) is 16.4 Å². The molecular weight excluding hydrogens is 308 g/mol. The third-order valence-corrected chi connectivity index (χ3v) is 5.24. The fraction of sp³-hybridized carbons (Fsp3) is 0.353. The number of hydrogen-bond donors (Lipinski definition) is 1. The Hall–Kier alpha value is -1.89. The summed E-state index contributed by atoms with van der Waals surface area (Å²) in [7, 11) is 2.18. The molecule has 0 bridgehead atoms. The van der Waals surface area contributed by atoms with Gasteiger partial charge in [-0.05, 0) is 32.2 Å². The smallest absolute Gasteiger partial charge is 0.139 e. The molecule has 5 nitrogen and oxygen atoms in total. The number of thiophene rings is 1. The van der Waals surface area contributed by atoms with Crippen LogP contribution in [0.2, 0.25) is 0 Å². The van der Waals surface area contributed by atoms with Crippen LogP contribution >= 0.6 is 11.3 Å². The molecule has 1 saturated heterocycles. The number of likely N-dealkylation sites (N-methyl/N-ethyl adjacent to an activating group) is 1. The van der Waals surface area contributed by atoms with Gasteiger partial charge in [0.2, 0.25) is 0 Å². The van der Waals surface area contributed by atoms with Crippen LogP contribution in [0.25, 0.3) is 0 Å². The number of nitrogens with one attached hydrogen (secondary N) is 1. The van der Waals surface area contributed by atoms with E-state index in [2.05, 4.69) is 59.4 Å². The Kier molecular flexibility index (Phi) is 4.39. The molecule has 2 aromatic rings. The number of amidine groups is 1. The minimum absolute atomic E-state index is 0. The zero-order valence-electron chi connectivity index (χ0n) is 13.5. The number of piperazine rings is 1. The number of anilines is 2. The maximum Gasteiger partial charge on any atom is 0.139 e. The SMILES string of the molecule is Cc1cc2c(s1)Nc1ccccc1N=C2N1CCN(C)CC1.O. The van der Waals surface area contributed by atoms with Crippen molar-refractivity contribution in [2.45, 2.75) is 6.92 Å². The topological polar surface area (TPSA) is 62.4 Å². The van der Waals surface area contributed by atoms with Gasteiger partial charge in [0.25, 0.3) is 0 Å². The molecule has 0 aliphatic carbocycles. The molecule has 122 valence electrons. The summed E-state index contributed by atoms with van der Waals surface area (Å²) in [6.45, 7) is 6.41. The molecular formula is C17H22N4OS. The average Bonchev–Trinajstić information content (AvgIpc) is 2.80. The predicted octanol–water partition coefficient (Wildman–Crippen LogP) is 2.61. The summed E-state index contributed by atoms with van der Waals surface area (Å²) >= 11 is 1.81. The second kappa shape index (κ2) is 6.31. The van der Waals surface area contributed by atoms with Crippen LogP contribution in [0.1, 0.15) is 10.4 Å². The Balaban J connectivity index is 0.00000156. The lowest BCUT2D eigenvalue weighted by molar-refractivity contribution is 0.216. The standard InChI is InChI=1S/C17H20N4S.H2O/c1-12-11-13-16(21-9-7-20(2)8-10-21)18-14-5-3-4-6-15(14)19-17(13)22-12;/h3-6,11,19H,7-10H2,1-2H3;1H2. The molecule has 3 N–H and O–H groups in total. The molecule has 1 fully saturated rings. The molecule has 0 spiro atoms. The van der Waals surface area contributed by atoms with E-state index in [4.69, 9.17) is 4.99 Å². The van der Waals surface area contributed by atoms with Gasteiger partial charge in [0.15, 0.2) is 0 Å². The predicted molar refractivity (Wildman–Crippen MR) is 97.7 cm³/mol. The number of nitrogens with zero attached hydrogens (tertiary/aromatic N) is 3. The van der Waals surface area contributed by atoms with Crippen molar-refractivity contribution in [2.24, 2.45) is 4.99 Å². The van der Waals surface area contributed by atoms with E-state index in [-0.39, 0.29) is 5.48 Å². The average molecular weight is 330 g/mol. The van der Waals surface area contributed by atoms with Gasteiger partial charge in [0, 0.05) is 31.1 Å². The molecule has 0 radical (unpaired) electrons. The molecule has 0 amide bonds. The minimum atomic E-state index is 0.